The van der Waals surface area contributed by atoms with Crippen molar-refractivity contribution in [2.24, 2.45) is 0 Å². The van der Waals surface area contributed by atoms with Crippen molar-refractivity contribution < 1.29 is 9.47 Å². The van der Waals surface area contributed by atoms with Gasteiger partial charge in [0.25, 0.3) is 0 Å². The lowest BCUT2D eigenvalue weighted by atomic mass is 9.84. The van der Waals surface area contributed by atoms with Gasteiger partial charge in [-0.1, -0.05) is 0 Å². The molecule has 0 aromatic heterocycles. The van der Waals surface area contributed by atoms with E-state index in [1.807, 2.05) is 0 Å². The Balaban J connectivity index is 1.94. The first-order valence-electron chi connectivity index (χ1n) is 4.24. The maximum absolute atomic E-state index is 5.76. The molecule has 0 aromatic carbocycles. The van der Waals surface area contributed by atoms with Gasteiger partial charge in [0.1, 0.15) is 0 Å². The van der Waals surface area contributed by atoms with Crippen molar-refractivity contribution in [2.45, 2.75) is 50.1 Å². The smallest absolute Gasteiger partial charge is 0.0842 e. The molecule has 0 spiro atoms. The lowest BCUT2D eigenvalue weighted by Gasteiger charge is -2.51. The van der Waals surface area contributed by atoms with Gasteiger partial charge in [-0.15, -0.1) is 0 Å². The van der Waals surface area contributed by atoms with Crippen molar-refractivity contribution in [3.63, 3.8) is 0 Å². The molecule has 5 heterocycles. The molecule has 0 aromatic rings. The maximum Gasteiger partial charge on any atom is 0.0842 e. The molecule has 10 heavy (non-hydrogen) atoms. The fraction of sp³-hybridized carbons (Fsp3) is 1.00. The van der Waals surface area contributed by atoms with Crippen LogP contribution in [0.3, 0.4) is 0 Å². The lowest BCUT2D eigenvalue weighted by molar-refractivity contribution is -0.285. The molecule has 2 heteroatoms. The van der Waals surface area contributed by atoms with Crippen LogP contribution in [0.5, 0.6) is 0 Å². The van der Waals surface area contributed by atoms with E-state index in [1.165, 1.54) is 25.7 Å². The average Bonchev–Trinajstić information content (AvgIpc) is 2.05. The highest BCUT2D eigenvalue weighted by atomic mass is 16.6. The highest BCUT2D eigenvalue weighted by Gasteiger charge is 2.47. The van der Waals surface area contributed by atoms with E-state index < -0.39 is 0 Å². The monoisotopic (exact) mass is 140 g/mol. The van der Waals surface area contributed by atoms with Gasteiger partial charge in [0.2, 0.25) is 0 Å². The second-order valence-electron chi connectivity index (χ2n) is 3.58. The molecule has 5 aliphatic heterocycles. The number of rotatable bonds is 0. The molecule has 4 bridgehead atoms. The van der Waals surface area contributed by atoms with Crippen LogP contribution in [0.15, 0.2) is 0 Å². The molecule has 5 saturated heterocycles. The van der Waals surface area contributed by atoms with E-state index in [1.54, 1.807) is 0 Å². The van der Waals surface area contributed by atoms with Crippen LogP contribution in [0, 0.1) is 0 Å². The number of hydrogen-bond donors (Lipinski definition) is 0. The van der Waals surface area contributed by atoms with Gasteiger partial charge in [-0.25, -0.2) is 0 Å². The van der Waals surface area contributed by atoms with Crippen molar-refractivity contribution in [1.29, 1.82) is 0 Å². The van der Waals surface area contributed by atoms with Crippen LogP contribution < -0.4 is 0 Å². The van der Waals surface area contributed by atoms with Gasteiger partial charge in [-0.05, 0) is 25.7 Å². The number of hydrogen-bond acceptors (Lipinski definition) is 2. The Kier molecular flexibility index (Phi) is 0.968. The zero-order valence-electron chi connectivity index (χ0n) is 5.95. The minimum absolute atomic E-state index is 0.462. The summed E-state index contributed by atoms with van der Waals surface area (Å²) in [6.07, 6.45) is 6.81. The summed E-state index contributed by atoms with van der Waals surface area (Å²) in [7, 11) is 0. The van der Waals surface area contributed by atoms with Gasteiger partial charge in [-0.3, -0.25) is 0 Å². The van der Waals surface area contributed by atoms with Gasteiger partial charge in [-0.2, -0.15) is 0 Å². The van der Waals surface area contributed by atoms with E-state index in [0.717, 1.165) is 0 Å². The van der Waals surface area contributed by atoms with Crippen LogP contribution >= 0.6 is 0 Å². The Morgan fingerprint density at radius 2 is 0.900 bits per heavy atom. The largest absolute Gasteiger partial charge is 0.370 e. The third-order valence-electron chi connectivity index (χ3n) is 3.00. The SMILES string of the molecule is C1C[C@H]2O[C@H]3CC[C@@H]2O[C@@H]13. The Morgan fingerprint density at radius 3 is 1.10 bits per heavy atom. The van der Waals surface area contributed by atoms with Crippen LogP contribution in [0.2, 0.25) is 0 Å². The predicted molar refractivity (Wildman–Crippen MR) is 35.8 cm³/mol. The van der Waals surface area contributed by atoms with E-state index in [-0.39, 0.29) is 0 Å². The van der Waals surface area contributed by atoms with Crippen molar-refractivity contribution in [2.75, 3.05) is 0 Å². The summed E-state index contributed by atoms with van der Waals surface area (Å²) >= 11 is 0. The van der Waals surface area contributed by atoms with Crippen LogP contribution in [0.1, 0.15) is 25.7 Å². The molecular weight excluding hydrogens is 128 g/mol. The standard InChI is InChI=1S/C8H12O2/c1-2-6-8-4-3-7(10-6)5(1)9-8/h5-8H,1-4H2/t5-,6-,7-,8+/m0/s1. The average molecular weight is 140 g/mol. The molecule has 5 rings (SSSR count). The Bertz CT molecular complexity index is 123. The fourth-order valence-corrected chi connectivity index (χ4v) is 2.47. The molecule has 0 N–H and O–H groups in total. The maximum atomic E-state index is 5.76. The van der Waals surface area contributed by atoms with Crippen molar-refractivity contribution >= 4 is 0 Å². The van der Waals surface area contributed by atoms with Crippen LogP contribution in [-0.4, -0.2) is 24.4 Å². The molecule has 56 valence electrons. The third-order valence-corrected chi connectivity index (χ3v) is 3.00. The summed E-state index contributed by atoms with van der Waals surface area (Å²) in [5.41, 5.74) is 0. The van der Waals surface area contributed by atoms with E-state index in [2.05, 4.69) is 0 Å². The van der Waals surface area contributed by atoms with Crippen molar-refractivity contribution in [1.82, 2.24) is 0 Å². The van der Waals surface area contributed by atoms with E-state index in [9.17, 15) is 0 Å². The Morgan fingerprint density at radius 1 is 0.600 bits per heavy atom. The van der Waals surface area contributed by atoms with Crippen LogP contribution in [0.25, 0.3) is 0 Å². The zero-order chi connectivity index (χ0) is 6.55. The lowest BCUT2D eigenvalue weighted by Crippen LogP contribution is -2.58. The summed E-state index contributed by atoms with van der Waals surface area (Å²) in [4.78, 5) is 0. The van der Waals surface area contributed by atoms with Gasteiger partial charge >= 0.3 is 0 Å². The second kappa shape index (κ2) is 1.74. The summed E-state index contributed by atoms with van der Waals surface area (Å²) in [5, 5.41) is 0. The molecule has 5 fully saturated rings. The summed E-state index contributed by atoms with van der Waals surface area (Å²) in [5.74, 6) is 0. The first kappa shape index (κ1) is 5.56. The minimum atomic E-state index is 0.462. The normalized spacial score (nSPS) is 57.6. The van der Waals surface area contributed by atoms with Gasteiger partial charge in [0.15, 0.2) is 0 Å². The predicted octanol–water partition coefficient (Wildman–Crippen LogP) is 1.10. The van der Waals surface area contributed by atoms with E-state index in [4.69, 9.17) is 9.47 Å². The molecule has 0 saturated carbocycles. The van der Waals surface area contributed by atoms with Crippen molar-refractivity contribution in [3.8, 4) is 0 Å². The summed E-state index contributed by atoms with van der Waals surface area (Å²) in [6.45, 7) is 0. The number of fused-ring (bicyclic) bond motifs is 2. The molecular formula is C8H12O2. The van der Waals surface area contributed by atoms with E-state index in [0.29, 0.717) is 24.4 Å². The highest BCUT2D eigenvalue weighted by molar-refractivity contribution is 4.95. The summed E-state index contributed by atoms with van der Waals surface area (Å²) in [6, 6.07) is 0. The Labute approximate surface area is 60.5 Å². The molecule has 0 radical (unpaired) electrons. The van der Waals surface area contributed by atoms with Crippen LogP contribution in [0.4, 0.5) is 0 Å². The quantitative estimate of drug-likeness (QED) is 0.501. The number of ether oxygens (including phenoxy) is 2. The molecule has 0 amide bonds. The minimum Gasteiger partial charge on any atom is -0.370 e. The molecule has 5 aliphatic rings. The Hall–Kier alpha value is -0.0800. The van der Waals surface area contributed by atoms with Gasteiger partial charge in [0.05, 0.1) is 24.4 Å². The van der Waals surface area contributed by atoms with Gasteiger partial charge < -0.3 is 9.47 Å². The molecule has 0 aliphatic carbocycles. The first-order chi connectivity index (χ1) is 4.93. The molecule has 4 atom stereocenters. The van der Waals surface area contributed by atoms with E-state index >= 15 is 0 Å². The second-order valence-corrected chi connectivity index (χ2v) is 3.58. The third kappa shape index (κ3) is 0.565. The summed E-state index contributed by atoms with van der Waals surface area (Å²) < 4.78 is 11.5. The van der Waals surface area contributed by atoms with Crippen LogP contribution in [-0.2, 0) is 9.47 Å². The topological polar surface area (TPSA) is 18.5 Å². The first-order valence-corrected chi connectivity index (χ1v) is 4.24. The highest BCUT2D eigenvalue weighted by Crippen LogP contribution is 2.41. The molecule has 0 unspecified atom stereocenters. The molecule has 2 nitrogen and oxygen atoms in total. The van der Waals surface area contributed by atoms with Crippen molar-refractivity contribution in [3.05, 3.63) is 0 Å². The fourth-order valence-electron chi connectivity index (χ4n) is 2.47. The van der Waals surface area contributed by atoms with Gasteiger partial charge in [0, 0.05) is 0 Å². The zero-order valence-corrected chi connectivity index (χ0v) is 5.95.